The van der Waals surface area contributed by atoms with Crippen molar-refractivity contribution in [1.82, 2.24) is 0 Å². The van der Waals surface area contributed by atoms with Gasteiger partial charge < -0.3 is 20.3 Å². The molecule has 0 aliphatic carbocycles. The Balaban J connectivity index is 2.64. The summed E-state index contributed by atoms with van der Waals surface area (Å²) in [6, 6.07) is 3.94. The number of anilines is 1. The number of rotatable bonds is 7. The van der Waals surface area contributed by atoms with Crippen LogP contribution < -0.4 is 10.1 Å². The topological polar surface area (TPSA) is 78.8 Å². The Bertz CT molecular complexity index is 445. The molecule has 0 spiro atoms. The first kappa shape index (κ1) is 15.3. The molecule has 0 fully saturated rings. The lowest BCUT2D eigenvalue weighted by Crippen LogP contribution is -2.21. The molecule has 5 heteroatoms. The van der Waals surface area contributed by atoms with Gasteiger partial charge in [-0.05, 0) is 37.5 Å². The summed E-state index contributed by atoms with van der Waals surface area (Å²) in [4.78, 5) is 10.4. The van der Waals surface area contributed by atoms with Gasteiger partial charge in [-0.15, -0.1) is 0 Å². The lowest BCUT2D eigenvalue weighted by Gasteiger charge is -2.17. The molecule has 106 valence electrons. The molecule has 0 amide bonds. The van der Waals surface area contributed by atoms with Crippen molar-refractivity contribution in [3.8, 4) is 5.75 Å². The lowest BCUT2D eigenvalue weighted by atomic mass is 10.1. The summed E-state index contributed by atoms with van der Waals surface area (Å²) in [5.74, 6) is -0.175. The molecule has 3 N–H and O–H groups in total. The molecule has 19 heavy (non-hydrogen) atoms. The number of aliphatic carboxylic acids is 1. The van der Waals surface area contributed by atoms with E-state index >= 15 is 0 Å². The van der Waals surface area contributed by atoms with E-state index in [-0.39, 0.29) is 12.8 Å². The number of aryl methyl sites for hydroxylation is 2. The number of nitrogens with one attached hydrogen (secondary N) is 1. The molecule has 0 aliphatic rings. The Morgan fingerprint density at radius 3 is 2.68 bits per heavy atom. The van der Waals surface area contributed by atoms with Crippen molar-refractivity contribution in [3.63, 3.8) is 0 Å². The van der Waals surface area contributed by atoms with Crippen molar-refractivity contribution in [2.24, 2.45) is 0 Å². The molecule has 5 nitrogen and oxygen atoms in total. The fourth-order valence-electron chi connectivity index (χ4n) is 1.93. The molecule has 1 aromatic carbocycles. The number of hydrogen-bond donors (Lipinski definition) is 3. The van der Waals surface area contributed by atoms with Gasteiger partial charge in [0.25, 0.3) is 0 Å². The van der Waals surface area contributed by atoms with E-state index < -0.39 is 12.1 Å². The van der Waals surface area contributed by atoms with Gasteiger partial charge >= 0.3 is 5.97 Å². The quantitative estimate of drug-likeness (QED) is 0.703. The van der Waals surface area contributed by atoms with Crippen LogP contribution in [0.5, 0.6) is 5.75 Å². The van der Waals surface area contributed by atoms with Gasteiger partial charge in [-0.2, -0.15) is 0 Å². The molecule has 0 bridgehead atoms. The van der Waals surface area contributed by atoms with Crippen LogP contribution in [0.25, 0.3) is 0 Å². The average Bonchev–Trinajstić information content (AvgIpc) is 2.34. The van der Waals surface area contributed by atoms with Crippen LogP contribution >= 0.6 is 0 Å². The number of methoxy groups -OCH3 is 1. The van der Waals surface area contributed by atoms with Crippen LogP contribution in [0.2, 0.25) is 0 Å². The molecule has 1 aromatic rings. The van der Waals surface area contributed by atoms with Crippen LogP contribution in [0, 0.1) is 13.8 Å². The second-order valence-corrected chi connectivity index (χ2v) is 4.63. The zero-order valence-electron chi connectivity index (χ0n) is 11.6. The molecule has 1 unspecified atom stereocenters. The van der Waals surface area contributed by atoms with Crippen molar-refractivity contribution in [2.75, 3.05) is 19.0 Å². The number of hydrogen-bond acceptors (Lipinski definition) is 4. The van der Waals surface area contributed by atoms with Crippen molar-refractivity contribution >= 4 is 11.7 Å². The van der Waals surface area contributed by atoms with Gasteiger partial charge in [0.15, 0.2) is 0 Å². The molecule has 0 radical (unpaired) electrons. The highest BCUT2D eigenvalue weighted by Crippen LogP contribution is 2.29. The molecular formula is C14H21NO4. The van der Waals surface area contributed by atoms with Gasteiger partial charge in [-0.3, -0.25) is 4.79 Å². The Kier molecular flexibility index (Phi) is 5.63. The highest BCUT2D eigenvalue weighted by atomic mass is 16.5. The predicted molar refractivity (Wildman–Crippen MR) is 73.8 cm³/mol. The number of ether oxygens (including phenoxy) is 1. The average molecular weight is 267 g/mol. The zero-order valence-corrected chi connectivity index (χ0v) is 11.6. The van der Waals surface area contributed by atoms with Gasteiger partial charge in [0, 0.05) is 13.0 Å². The summed E-state index contributed by atoms with van der Waals surface area (Å²) < 4.78 is 5.30. The third-order valence-electron chi connectivity index (χ3n) is 2.87. The predicted octanol–water partition coefficient (Wildman–Crippen LogP) is 1.95. The van der Waals surface area contributed by atoms with Crippen LogP contribution in [-0.4, -0.2) is 35.9 Å². The van der Waals surface area contributed by atoms with Crippen molar-refractivity contribution < 1.29 is 19.7 Å². The number of carboxylic acid groups (broad SMARTS) is 1. The van der Waals surface area contributed by atoms with Crippen LogP contribution in [0.3, 0.4) is 0 Å². The molecule has 0 saturated heterocycles. The van der Waals surface area contributed by atoms with E-state index in [9.17, 15) is 9.90 Å². The molecule has 1 atom stereocenters. The molecule has 0 aliphatic heterocycles. The van der Waals surface area contributed by atoms with E-state index in [1.165, 1.54) is 0 Å². The zero-order chi connectivity index (χ0) is 14.4. The largest absolute Gasteiger partial charge is 0.495 e. The SMILES string of the molecule is COc1cc(C)cc(C)c1NCC(O)CCC(=O)O. The Morgan fingerprint density at radius 1 is 1.42 bits per heavy atom. The van der Waals surface area contributed by atoms with E-state index in [1.54, 1.807) is 7.11 Å². The Morgan fingerprint density at radius 2 is 2.11 bits per heavy atom. The second kappa shape index (κ2) is 6.99. The van der Waals surface area contributed by atoms with Crippen LogP contribution in [0.4, 0.5) is 5.69 Å². The fraction of sp³-hybridized carbons (Fsp3) is 0.500. The Hall–Kier alpha value is -1.75. The Labute approximate surface area is 113 Å². The second-order valence-electron chi connectivity index (χ2n) is 4.63. The summed E-state index contributed by atoms with van der Waals surface area (Å²) in [6.45, 7) is 4.25. The summed E-state index contributed by atoms with van der Waals surface area (Å²) in [6.07, 6.45) is -0.496. The number of aliphatic hydroxyl groups is 1. The highest BCUT2D eigenvalue weighted by Gasteiger charge is 2.11. The maximum Gasteiger partial charge on any atom is 0.303 e. The fourth-order valence-corrected chi connectivity index (χ4v) is 1.93. The van der Waals surface area contributed by atoms with Gasteiger partial charge in [-0.1, -0.05) is 6.07 Å². The van der Waals surface area contributed by atoms with Crippen molar-refractivity contribution in [3.05, 3.63) is 23.3 Å². The number of aliphatic hydroxyl groups excluding tert-OH is 1. The first-order chi connectivity index (χ1) is 8.93. The van der Waals surface area contributed by atoms with Crippen LogP contribution in [0.15, 0.2) is 12.1 Å². The lowest BCUT2D eigenvalue weighted by molar-refractivity contribution is -0.137. The minimum atomic E-state index is -0.900. The number of carbonyl (C=O) groups is 1. The van der Waals surface area contributed by atoms with E-state index in [2.05, 4.69) is 5.32 Å². The monoisotopic (exact) mass is 267 g/mol. The van der Waals surface area contributed by atoms with Gasteiger partial charge in [-0.25, -0.2) is 0 Å². The summed E-state index contributed by atoms with van der Waals surface area (Å²) >= 11 is 0. The van der Waals surface area contributed by atoms with Gasteiger partial charge in [0.05, 0.1) is 18.9 Å². The normalized spacial score (nSPS) is 12.0. The number of benzene rings is 1. The van der Waals surface area contributed by atoms with E-state index in [0.29, 0.717) is 6.54 Å². The molecule has 1 rings (SSSR count). The van der Waals surface area contributed by atoms with Crippen molar-refractivity contribution in [2.45, 2.75) is 32.8 Å². The van der Waals surface area contributed by atoms with Gasteiger partial charge in [0.1, 0.15) is 5.75 Å². The molecule has 0 saturated carbocycles. The molecular weight excluding hydrogens is 246 g/mol. The summed E-state index contributed by atoms with van der Waals surface area (Å²) in [5, 5.41) is 21.4. The summed E-state index contributed by atoms with van der Waals surface area (Å²) in [7, 11) is 1.60. The van der Waals surface area contributed by atoms with E-state index in [1.807, 2.05) is 26.0 Å². The van der Waals surface area contributed by atoms with Crippen LogP contribution in [0.1, 0.15) is 24.0 Å². The minimum absolute atomic E-state index is 0.0349. The first-order valence-electron chi connectivity index (χ1n) is 6.23. The van der Waals surface area contributed by atoms with E-state index in [4.69, 9.17) is 9.84 Å². The summed E-state index contributed by atoms with van der Waals surface area (Å²) in [5.41, 5.74) is 2.97. The third kappa shape index (κ3) is 4.79. The maximum atomic E-state index is 10.4. The molecule has 0 aromatic heterocycles. The van der Waals surface area contributed by atoms with Crippen LogP contribution in [-0.2, 0) is 4.79 Å². The van der Waals surface area contributed by atoms with Gasteiger partial charge in [0.2, 0.25) is 0 Å². The third-order valence-corrected chi connectivity index (χ3v) is 2.87. The highest BCUT2D eigenvalue weighted by molar-refractivity contribution is 5.66. The molecule has 0 heterocycles. The first-order valence-corrected chi connectivity index (χ1v) is 6.23. The smallest absolute Gasteiger partial charge is 0.303 e. The van der Waals surface area contributed by atoms with Crippen molar-refractivity contribution in [1.29, 1.82) is 0 Å². The number of carboxylic acids is 1. The maximum absolute atomic E-state index is 10.4. The van der Waals surface area contributed by atoms with E-state index in [0.717, 1.165) is 22.6 Å². The minimum Gasteiger partial charge on any atom is -0.495 e. The standard InChI is InChI=1S/C14H21NO4/c1-9-6-10(2)14(12(7-9)19-3)15-8-11(16)4-5-13(17)18/h6-7,11,15-16H,4-5,8H2,1-3H3,(H,17,18).